The molecule has 0 saturated heterocycles. The van der Waals surface area contributed by atoms with Crippen molar-refractivity contribution in [2.24, 2.45) is 5.92 Å². The van der Waals surface area contributed by atoms with Crippen molar-refractivity contribution in [2.75, 3.05) is 39.6 Å². The zero-order valence-corrected chi connectivity index (χ0v) is 59.4. The van der Waals surface area contributed by atoms with Gasteiger partial charge in [-0.2, -0.15) is 0 Å². The molecule has 0 aliphatic carbocycles. The smallest absolute Gasteiger partial charge is 0.462 e. The molecule has 3 N–H and O–H groups in total. The lowest BCUT2D eigenvalue weighted by molar-refractivity contribution is -0.161. The first-order chi connectivity index (χ1) is 43.1. The zero-order chi connectivity index (χ0) is 65.6. The Labute approximate surface area is 543 Å². The fourth-order valence-corrected chi connectivity index (χ4v) is 12.2. The molecule has 3 unspecified atom stereocenters. The molecule has 0 aromatic carbocycles. The molecule has 0 spiro atoms. The van der Waals surface area contributed by atoms with Gasteiger partial charge in [0.25, 0.3) is 0 Å². The average molecular weight is 1310 g/mol. The van der Waals surface area contributed by atoms with Crippen LogP contribution in [0.25, 0.3) is 0 Å². The van der Waals surface area contributed by atoms with Crippen LogP contribution in [0.3, 0.4) is 0 Å². The summed E-state index contributed by atoms with van der Waals surface area (Å²) in [5.74, 6) is -1.33. The number of aliphatic hydroxyl groups excluding tert-OH is 1. The number of ether oxygens (including phenoxy) is 4. The summed E-state index contributed by atoms with van der Waals surface area (Å²) in [5.41, 5.74) is 0. The van der Waals surface area contributed by atoms with Gasteiger partial charge in [0, 0.05) is 25.7 Å². The fourth-order valence-electron chi connectivity index (χ4n) is 10.6. The molecule has 0 saturated carbocycles. The third kappa shape index (κ3) is 63.2. The van der Waals surface area contributed by atoms with Gasteiger partial charge in [-0.1, -0.05) is 311 Å². The van der Waals surface area contributed by atoms with Gasteiger partial charge in [0.05, 0.1) is 26.4 Å². The number of carbonyl (C=O) groups excluding carboxylic acids is 4. The van der Waals surface area contributed by atoms with Gasteiger partial charge >= 0.3 is 39.5 Å². The lowest BCUT2D eigenvalue weighted by atomic mass is 9.99. The Kier molecular flexibility index (Phi) is 62.1. The van der Waals surface area contributed by atoms with Gasteiger partial charge in [-0.15, -0.1) is 0 Å². The van der Waals surface area contributed by atoms with Crippen LogP contribution in [0.2, 0.25) is 0 Å². The highest BCUT2D eigenvalue weighted by molar-refractivity contribution is 7.47. The van der Waals surface area contributed by atoms with Gasteiger partial charge < -0.3 is 33.8 Å². The summed E-state index contributed by atoms with van der Waals surface area (Å²) in [7, 11) is -9.88. The number of phosphoric acid groups is 2. The van der Waals surface area contributed by atoms with Gasteiger partial charge in [0.15, 0.2) is 12.2 Å². The molecule has 528 valence electrons. The van der Waals surface area contributed by atoms with Crippen molar-refractivity contribution in [1.29, 1.82) is 0 Å². The standard InChI is InChI=1S/C70H136O17P2/c1-6-10-13-16-18-20-21-22-23-24-25-26-27-28-29-30-31-37-41-46-51-56-70(75)87-66(60-81-68(73)54-49-44-39-36-33-32-35-38-43-47-52-63(5)9-4)62-85-89(78,79)83-58-64(71)57-82-88(76,77)84-61-65(59-80-67(72)53-48-42-15-12-8-3)86-69(74)55-50-45-40-34-19-17-14-11-7-2/h63-66,71H,6-62H2,1-5H3,(H,76,77)(H,78,79)/t63?,64-,65+,66+/m0/s1. The number of esters is 4. The number of phosphoric ester groups is 2. The third-order valence-electron chi connectivity index (χ3n) is 16.6. The van der Waals surface area contributed by atoms with E-state index in [1.165, 1.54) is 180 Å². The van der Waals surface area contributed by atoms with E-state index in [1.54, 1.807) is 0 Å². The molecule has 89 heavy (non-hydrogen) atoms. The van der Waals surface area contributed by atoms with Crippen LogP contribution < -0.4 is 0 Å². The molecular weight excluding hydrogens is 1170 g/mol. The second-order valence-electron chi connectivity index (χ2n) is 25.5. The Bertz CT molecular complexity index is 1720. The van der Waals surface area contributed by atoms with Gasteiger partial charge in [-0.05, 0) is 31.6 Å². The minimum atomic E-state index is -4.95. The molecule has 0 amide bonds. The molecule has 0 bridgehead atoms. The highest BCUT2D eigenvalue weighted by atomic mass is 31.2. The second-order valence-corrected chi connectivity index (χ2v) is 28.4. The van der Waals surface area contributed by atoms with Crippen molar-refractivity contribution < 1.29 is 80.2 Å². The average Bonchev–Trinajstić information content (AvgIpc) is 3.66. The molecule has 0 fully saturated rings. The maximum absolute atomic E-state index is 13.0. The van der Waals surface area contributed by atoms with Crippen LogP contribution in [-0.4, -0.2) is 96.7 Å². The summed E-state index contributed by atoms with van der Waals surface area (Å²) < 4.78 is 68.0. The van der Waals surface area contributed by atoms with Crippen LogP contribution in [0.15, 0.2) is 0 Å². The molecule has 0 aromatic heterocycles. The van der Waals surface area contributed by atoms with E-state index in [-0.39, 0.29) is 25.7 Å². The summed E-state index contributed by atoms with van der Waals surface area (Å²) in [5, 5.41) is 10.5. The summed E-state index contributed by atoms with van der Waals surface area (Å²) in [6, 6.07) is 0. The maximum Gasteiger partial charge on any atom is 0.472 e. The molecule has 0 aliphatic rings. The van der Waals surface area contributed by atoms with E-state index in [0.29, 0.717) is 25.7 Å². The zero-order valence-electron chi connectivity index (χ0n) is 57.6. The third-order valence-corrected chi connectivity index (χ3v) is 18.5. The Morgan fingerprint density at radius 1 is 0.315 bits per heavy atom. The number of hydrogen-bond acceptors (Lipinski definition) is 15. The minimum Gasteiger partial charge on any atom is -0.462 e. The number of unbranched alkanes of at least 4 members (excludes halogenated alkanes) is 41. The molecule has 6 atom stereocenters. The lowest BCUT2D eigenvalue weighted by Crippen LogP contribution is -2.30. The van der Waals surface area contributed by atoms with E-state index in [9.17, 15) is 43.2 Å². The SMILES string of the molecule is CCCCCCCCCCCCCCCCCCCCCCCC(=O)O[C@H](COC(=O)CCCCCCCCCCCCC(C)CC)COP(=O)(O)OC[C@@H](O)COP(=O)(O)OC[C@@H](COC(=O)CCCCCCC)OC(=O)CCCCCCCCCCC. The first-order valence-electron chi connectivity index (χ1n) is 36.7. The van der Waals surface area contributed by atoms with Crippen molar-refractivity contribution in [1.82, 2.24) is 0 Å². The maximum atomic E-state index is 13.0. The number of rotatable bonds is 70. The van der Waals surface area contributed by atoms with E-state index in [4.69, 9.17) is 37.0 Å². The van der Waals surface area contributed by atoms with Crippen molar-refractivity contribution >= 4 is 39.5 Å². The monoisotopic (exact) mass is 1310 g/mol. The number of hydrogen-bond donors (Lipinski definition) is 3. The van der Waals surface area contributed by atoms with Crippen LogP contribution >= 0.6 is 15.6 Å². The van der Waals surface area contributed by atoms with Crippen molar-refractivity contribution in [2.45, 2.75) is 380 Å². The molecular formula is C70H136O17P2. The van der Waals surface area contributed by atoms with Crippen LogP contribution in [0.5, 0.6) is 0 Å². The molecule has 17 nitrogen and oxygen atoms in total. The second kappa shape index (κ2) is 63.5. The predicted octanol–water partition coefficient (Wildman–Crippen LogP) is 20.1. The van der Waals surface area contributed by atoms with Gasteiger partial charge in [-0.3, -0.25) is 37.3 Å². The van der Waals surface area contributed by atoms with Crippen molar-refractivity contribution in [3.63, 3.8) is 0 Å². The normalized spacial score (nSPS) is 14.4. The molecule has 19 heteroatoms. The van der Waals surface area contributed by atoms with E-state index >= 15 is 0 Å². The van der Waals surface area contributed by atoms with Crippen molar-refractivity contribution in [3.05, 3.63) is 0 Å². The summed E-state index contributed by atoms with van der Waals surface area (Å²) in [6.45, 7) is 7.16. The van der Waals surface area contributed by atoms with E-state index in [1.807, 2.05) is 0 Å². The topological polar surface area (TPSA) is 237 Å². The summed E-state index contributed by atoms with van der Waals surface area (Å²) >= 11 is 0. The predicted molar refractivity (Wildman–Crippen MR) is 358 cm³/mol. The van der Waals surface area contributed by atoms with Gasteiger partial charge in [0.2, 0.25) is 0 Å². The van der Waals surface area contributed by atoms with Crippen LogP contribution in [0, 0.1) is 5.92 Å². The molecule has 0 radical (unpaired) electrons. The fraction of sp³-hybridized carbons (Fsp3) is 0.943. The van der Waals surface area contributed by atoms with Gasteiger partial charge in [0.1, 0.15) is 19.3 Å². The van der Waals surface area contributed by atoms with Crippen LogP contribution in [0.1, 0.15) is 362 Å². The molecule has 0 rings (SSSR count). The Morgan fingerprint density at radius 3 is 0.798 bits per heavy atom. The molecule has 0 heterocycles. The number of carbonyl (C=O) groups is 4. The van der Waals surface area contributed by atoms with Crippen LogP contribution in [-0.2, 0) is 65.4 Å². The summed E-state index contributed by atoms with van der Waals surface area (Å²) in [6.07, 6.45) is 50.5. The quantitative estimate of drug-likeness (QED) is 0.0222. The Balaban J connectivity index is 5.10. The highest BCUT2D eigenvalue weighted by Gasteiger charge is 2.30. The Hall–Kier alpha value is -1.94. The molecule has 0 aromatic rings. The first kappa shape index (κ1) is 87.1. The first-order valence-corrected chi connectivity index (χ1v) is 39.7. The number of aliphatic hydroxyl groups is 1. The van der Waals surface area contributed by atoms with Gasteiger partial charge in [-0.25, -0.2) is 9.13 Å². The lowest BCUT2D eigenvalue weighted by Gasteiger charge is -2.21. The summed E-state index contributed by atoms with van der Waals surface area (Å²) in [4.78, 5) is 72.2. The minimum absolute atomic E-state index is 0.105. The van der Waals surface area contributed by atoms with E-state index in [2.05, 4.69) is 34.6 Å². The molecule has 0 aliphatic heterocycles. The largest absolute Gasteiger partial charge is 0.472 e. The van der Waals surface area contributed by atoms with E-state index < -0.39 is 97.5 Å². The Morgan fingerprint density at radius 2 is 0.539 bits per heavy atom. The van der Waals surface area contributed by atoms with Crippen LogP contribution in [0.4, 0.5) is 0 Å². The van der Waals surface area contributed by atoms with E-state index in [0.717, 1.165) is 102 Å². The van der Waals surface area contributed by atoms with Crippen molar-refractivity contribution in [3.8, 4) is 0 Å². The highest BCUT2D eigenvalue weighted by Crippen LogP contribution is 2.45.